The van der Waals surface area contributed by atoms with Crippen molar-refractivity contribution in [3.63, 3.8) is 0 Å². The van der Waals surface area contributed by atoms with Crippen molar-refractivity contribution >= 4 is 31.9 Å². The Kier molecular flexibility index (Phi) is 5.52. The van der Waals surface area contributed by atoms with E-state index < -0.39 is 8.65 Å². The molecule has 0 spiro atoms. The van der Waals surface area contributed by atoms with Crippen LogP contribution in [0.2, 0.25) is 0 Å². The first-order valence-corrected chi connectivity index (χ1v) is 10.9. The molecule has 0 unspecified atom stereocenters. The highest BCUT2D eigenvalue weighted by molar-refractivity contribution is 9.12. The lowest BCUT2D eigenvalue weighted by Crippen LogP contribution is -2.42. The minimum Gasteiger partial charge on any atom is -0.0726 e. The van der Waals surface area contributed by atoms with Gasteiger partial charge in [0.25, 0.3) is 0 Å². The molecule has 0 amide bonds. The Morgan fingerprint density at radius 3 is 0.679 bits per heavy atom. The number of hydrogen-bond acceptors (Lipinski definition) is 0. The van der Waals surface area contributed by atoms with Crippen molar-refractivity contribution in [2.45, 2.75) is 8.65 Å². The first-order valence-electron chi connectivity index (χ1n) is 9.27. The molecule has 28 heavy (non-hydrogen) atoms. The van der Waals surface area contributed by atoms with Crippen LogP contribution < -0.4 is 0 Å². The molecule has 0 aromatic heterocycles. The number of halogens is 2. The van der Waals surface area contributed by atoms with Crippen LogP contribution in [0.3, 0.4) is 0 Å². The normalized spacial score (nSPS) is 11.9. The molecule has 0 aliphatic carbocycles. The summed E-state index contributed by atoms with van der Waals surface area (Å²) >= 11 is 8.50. The molecule has 2 heteroatoms. The molecular weight excluding hydrogens is 472 g/mol. The van der Waals surface area contributed by atoms with E-state index >= 15 is 0 Å². The minimum atomic E-state index is -0.523. The van der Waals surface area contributed by atoms with Crippen molar-refractivity contribution in [1.82, 2.24) is 0 Å². The van der Waals surface area contributed by atoms with E-state index in [4.69, 9.17) is 0 Å². The van der Waals surface area contributed by atoms with E-state index in [1.807, 2.05) is 0 Å². The first kappa shape index (κ1) is 19.2. The predicted molar refractivity (Wildman–Crippen MR) is 125 cm³/mol. The SMILES string of the molecule is BrC(c1ccccc1)(c1ccccc1)C(Br)(c1ccccc1)c1ccccc1. The molecular formula is C26H20Br2. The van der Waals surface area contributed by atoms with Gasteiger partial charge in [-0.15, -0.1) is 0 Å². The molecule has 4 aromatic carbocycles. The van der Waals surface area contributed by atoms with Gasteiger partial charge in [-0.3, -0.25) is 0 Å². The highest BCUT2D eigenvalue weighted by Gasteiger charge is 2.52. The summed E-state index contributed by atoms with van der Waals surface area (Å²) in [6.45, 7) is 0. The standard InChI is InChI=1S/C26H20Br2/c27-25(21-13-5-1-6-14-21,22-15-7-2-8-16-22)26(28,23-17-9-3-10-18-23)24-19-11-4-12-20-24/h1-20H. The van der Waals surface area contributed by atoms with E-state index in [9.17, 15) is 0 Å². The highest BCUT2D eigenvalue weighted by Crippen LogP contribution is 2.60. The maximum atomic E-state index is 4.25. The third-order valence-corrected chi connectivity index (χ3v) is 8.71. The molecule has 0 bridgehead atoms. The summed E-state index contributed by atoms with van der Waals surface area (Å²) in [5.41, 5.74) is 4.74. The molecule has 4 rings (SSSR count). The average Bonchev–Trinajstić information content (AvgIpc) is 2.80. The summed E-state index contributed by atoms with van der Waals surface area (Å²) in [6, 6.07) is 42.5. The van der Waals surface area contributed by atoms with Crippen LogP contribution in [0.1, 0.15) is 22.3 Å². The number of hydrogen-bond donors (Lipinski definition) is 0. The fraction of sp³-hybridized carbons (Fsp3) is 0.0769. The second kappa shape index (κ2) is 8.06. The Bertz CT molecular complexity index is 847. The molecule has 0 N–H and O–H groups in total. The zero-order valence-corrected chi connectivity index (χ0v) is 18.5. The molecule has 0 aliphatic heterocycles. The molecule has 0 radical (unpaired) electrons. The fourth-order valence-corrected chi connectivity index (χ4v) is 5.77. The van der Waals surface area contributed by atoms with Crippen LogP contribution in [0, 0.1) is 0 Å². The van der Waals surface area contributed by atoms with Gasteiger partial charge in [0.15, 0.2) is 0 Å². The van der Waals surface area contributed by atoms with Gasteiger partial charge < -0.3 is 0 Å². The van der Waals surface area contributed by atoms with Crippen molar-refractivity contribution in [3.05, 3.63) is 144 Å². The highest BCUT2D eigenvalue weighted by atomic mass is 79.9. The molecule has 0 fully saturated rings. The Morgan fingerprint density at radius 1 is 0.321 bits per heavy atom. The minimum absolute atomic E-state index is 0.523. The summed E-state index contributed by atoms with van der Waals surface area (Å²) < 4.78 is -1.05. The lowest BCUT2D eigenvalue weighted by Gasteiger charge is -2.45. The Labute approximate surface area is 183 Å². The van der Waals surface area contributed by atoms with Crippen LogP contribution >= 0.6 is 31.9 Å². The van der Waals surface area contributed by atoms with Crippen molar-refractivity contribution in [3.8, 4) is 0 Å². The van der Waals surface area contributed by atoms with Gasteiger partial charge in [-0.2, -0.15) is 0 Å². The molecule has 0 heterocycles. The van der Waals surface area contributed by atoms with Gasteiger partial charge in [-0.1, -0.05) is 153 Å². The third kappa shape index (κ3) is 3.15. The molecule has 0 nitrogen and oxygen atoms in total. The third-order valence-electron chi connectivity index (χ3n) is 5.16. The number of rotatable bonds is 5. The van der Waals surface area contributed by atoms with Crippen molar-refractivity contribution in [2.24, 2.45) is 0 Å². The Balaban J connectivity index is 2.09. The van der Waals surface area contributed by atoms with Crippen LogP contribution in [0.15, 0.2) is 121 Å². The maximum Gasteiger partial charge on any atom is 0.0989 e. The van der Waals surface area contributed by atoms with E-state index in [0.29, 0.717) is 0 Å². The largest absolute Gasteiger partial charge is 0.0989 e. The van der Waals surface area contributed by atoms with Crippen molar-refractivity contribution in [2.75, 3.05) is 0 Å². The van der Waals surface area contributed by atoms with Crippen LogP contribution in [0.25, 0.3) is 0 Å². The molecule has 0 aliphatic rings. The topological polar surface area (TPSA) is 0 Å². The van der Waals surface area contributed by atoms with Crippen molar-refractivity contribution in [1.29, 1.82) is 0 Å². The van der Waals surface area contributed by atoms with Gasteiger partial charge in [-0.05, 0) is 22.3 Å². The van der Waals surface area contributed by atoms with Gasteiger partial charge in [0.05, 0.1) is 8.65 Å². The quantitative estimate of drug-likeness (QED) is 0.251. The van der Waals surface area contributed by atoms with Crippen molar-refractivity contribution < 1.29 is 0 Å². The summed E-state index contributed by atoms with van der Waals surface area (Å²) in [5.74, 6) is 0. The second-order valence-corrected chi connectivity index (χ2v) is 9.16. The van der Waals surface area contributed by atoms with Crippen LogP contribution in [-0.2, 0) is 8.65 Å². The molecule has 0 saturated heterocycles. The van der Waals surface area contributed by atoms with Gasteiger partial charge in [0.1, 0.15) is 0 Å². The van der Waals surface area contributed by atoms with Gasteiger partial charge in [-0.25, -0.2) is 0 Å². The molecule has 0 saturated carbocycles. The Morgan fingerprint density at radius 2 is 0.500 bits per heavy atom. The van der Waals surface area contributed by atoms with E-state index in [1.54, 1.807) is 0 Å². The second-order valence-electron chi connectivity index (χ2n) is 6.78. The Hall–Kier alpha value is -2.16. The lowest BCUT2D eigenvalue weighted by atomic mass is 9.73. The van der Waals surface area contributed by atoms with Gasteiger partial charge in [0.2, 0.25) is 0 Å². The smallest absolute Gasteiger partial charge is 0.0726 e. The lowest BCUT2D eigenvalue weighted by molar-refractivity contribution is 0.609. The molecule has 138 valence electrons. The van der Waals surface area contributed by atoms with Crippen LogP contribution in [-0.4, -0.2) is 0 Å². The average molecular weight is 492 g/mol. The zero-order chi connectivity index (χ0) is 19.5. The van der Waals surface area contributed by atoms with E-state index in [2.05, 4.69) is 153 Å². The van der Waals surface area contributed by atoms with Crippen LogP contribution in [0.4, 0.5) is 0 Å². The van der Waals surface area contributed by atoms with Gasteiger partial charge in [0, 0.05) is 0 Å². The van der Waals surface area contributed by atoms with E-state index in [0.717, 1.165) is 0 Å². The molecule has 0 atom stereocenters. The predicted octanol–water partition coefficient (Wildman–Crippen LogP) is 7.66. The monoisotopic (exact) mass is 490 g/mol. The summed E-state index contributed by atoms with van der Waals surface area (Å²) in [7, 11) is 0. The van der Waals surface area contributed by atoms with Gasteiger partial charge >= 0.3 is 0 Å². The maximum absolute atomic E-state index is 4.25. The van der Waals surface area contributed by atoms with Crippen LogP contribution in [0.5, 0.6) is 0 Å². The van der Waals surface area contributed by atoms with E-state index in [1.165, 1.54) is 22.3 Å². The number of alkyl halides is 2. The summed E-state index contributed by atoms with van der Waals surface area (Å²) in [4.78, 5) is 0. The summed E-state index contributed by atoms with van der Waals surface area (Å²) in [6.07, 6.45) is 0. The fourth-order valence-electron chi connectivity index (χ4n) is 3.80. The first-order chi connectivity index (χ1) is 13.7. The summed E-state index contributed by atoms with van der Waals surface area (Å²) in [5, 5.41) is 0. The number of benzene rings is 4. The molecule has 4 aromatic rings. The van der Waals surface area contributed by atoms with E-state index in [-0.39, 0.29) is 0 Å². The zero-order valence-electron chi connectivity index (χ0n) is 15.3.